The number of ether oxygens (including phenoxy) is 1. The first-order valence-electron chi connectivity index (χ1n) is 8.99. The summed E-state index contributed by atoms with van der Waals surface area (Å²) in [7, 11) is 0. The molecule has 1 saturated heterocycles. The van der Waals surface area contributed by atoms with Crippen LogP contribution in [0.5, 0.6) is 0 Å². The molecule has 0 aromatic carbocycles. The van der Waals surface area contributed by atoms with Gasteiger partial charge in [-0.1, -0.05) is 0 Å². The fraction of sp³-hybridized carbons (Fsp3) is 0.350. The summed E-state index contributed by atoms with van der Waals surface area (Å²) in [4.78, 5) is 32.2. The molecule has 0 bridgehead atoms. The van der Waals surface area contributed by atoms with Crippen LogP contribution in [0.15, 0.2) is 30.5 Å². The van der Waals surface area contributed by atoms with Gasteiger partial charge in [-0.3, -0.25) is 9.59 Å². The van der Waals surface area contributed by atoms with Crippen molar-refractivity contribution in [3.05, 3.63) is 51.4 Å². The number of aromatic nitrogens is 1. The number of carbonyl (C=O) groups is 2. The largest absolute Gasteiger partial charge is 0.369 e. The fourth-order valence-electron chi connectivity index (χ4n) is 3.12. The highest BCUT2D eigenvalue weighted by Crippen LogP contribution is 2.22. The number of likely N-dealkylation sites (tertiary alicyclic amines) is 1. The minimum absolute atomic E-state index is 0.00256. The summed E-state index contributed by atoms with van der Waals surface area (Å²) in [5, 5.41) is 2.76. The van der Waals surface area contributed by atoms with Crippen molar-refractivity contribution < 1.29 is 14.3 Å². The highest BCUT2D eigenvalue weighted by atomic mass is 32.1. The van der Waals surface area contributed by atoms with Gasteiger partial charge in [-0.15, -0.1) is 11.3 Å². The quantitative estimate of drug-likeness (QED) is 0.806. The summed E-state index contributed by atoms with van der Waals surface area (Å²) < 4.78 is 5.84. The molecule has 0 spiro atoms. The van der Waals surface area contributed by atoms with E-state index in [-0.39, 0.29) is 17.9 Å². The second-order valence-electron chi connectivity index (χ2n) is 6.85. The second-order valence-corrected chi connectivity index (χ2v) is 8.22. The molecule has 2 aromatic rings. The molecule has 6 nitrogen and oxygen atoms in total. The molecule has 140 valence electrons. The molecule has 2 aliphatic rings. The van der Waals surface area contributed by atoms with Crippen LogP contribution in [0.25, 0.3) is 6.08 Å². The van der Waals surface area contributed by atoms with Crippen LogP contribution in [-0.4, -0.2) is 40.9 Å². The summed E-state index contributed by atoms with van der Waals surface area (Å²) in [5.74, 6) is 0.600. The lowest BCUT2D eigenvalue weighted by Crippen LogP contribution is -2.54. The third kappa shape index (κ3) is 4.26. The standard InChI is InChI=1S/C20H21N3O3S/c1-13-2-5-17(27-13)12-26-16-10-23(11-16)19(25)7-3-14-8-15-4-6-18(24)22-20(15)21-9-14/h2-3,5,7-9,16H,4,6,10-12H2,1H3,(H,21,22,24). The number of aryl methyl sites for hydroxylation is 2. The molecule has 2 aromatic heterocycles. The molecule has 0 aliphatic carbocycles. The summed E-state index contributed by atoms with van der Waals surface area (Å²) >= 11 is 1.74. The number of hydrogen-bond donors (Lipinski definition) is 1. The van der Waals surface area contributed by atoms with E-state index >= 15 is 0 Å². The van der Waals surface area contributed by atoms with Crippen LogP contribution >= 0.6 is 11.3 Å². The van der Waals surface area contributed by atoms with Gasteiger partial charge >= 0.3 is 0 Å². The Balaban J connectivity index is 1.26. The Bertz CT molecular complexity index is 900. The van der Waals surface area contributed by atoms with E-state index in [1.54, 1.807) is 34.6 Å². The smallest absolute Gasteiger partial charge is 0.246 e. The Hall–Kier alpha value is -2.51. The molecule has 4 heterocycles. The van der Waals surface area contributed by atoms with Gasteiger partial charge in [0.2, 0.25) is 11.8 Å². The van der Waals surface area contributed by atoms with E-state index in [2.05, 4.69) is 29.4 Å². The average Bonchev–Trinajstić information content (AvgIpc) is 3.03. The summed E-state index contributed by atoms with van der Waals surface area (Å²) in [6, 6.07) is 6.15. The van der Waals surface area contributed by atoms with Crippen LogP contribution in [0.2, 0.25) is 0 Å². The zero-order valence-corrected chi connectivity index (χ0v) is 15.9. The lowest BCUT2D eigenvalue weighted by molar-refractivity contribution is -0.140. The number of pyridine rings is 1. The average molecular weight is 383 g/mol. The Kier molecular flexibility index (Phi) is 5.05. The van der Waals surface area contributed by atoms with E-state index in [0.717, 1.165) is 11.1 Å². The van der Waals surface area contributed by atoms with Gasteiger partial charge in [0, 0.05) is 41.5 Å². The normalized spacial score (nSPS) is 16.9. The lowest BCUT2D eigenvalue weighted by Gasteiger charge is -2.38. The third-order valence-electron chi connectivity index (χ3n) is 4.70. The van der Waals surface area contributed by atoms with Gasteiger partial charge in [-0.25, -0.2) is 4.98 Å². The highest BCUT2D eigenvalue weighted by Gasteiger charge is 2.30. The Morgan fingerprint density at radius 3 is 3.04 bits per heavy atom. The molecule has 4 rings (SSSR count). The Labute approximate surface area is 161 Å². The highest BCUT2D eigenvalue weighted by molar-refractivity contribution is 7.11. The minimum Gasteiger partial charge on any atom is -0.369 e. The number of amides is 2. The number of hydrogen-bond acceptors (Lipinski definition) is 5. The van der Waals surface area contributed by atoms with Crippen LogP contribution in [0.3, 0.4) is 0 Å². The maximum atomic E-state index is 12.3. The van der Waals surface area contributed by atoms with Crippen LogP contribution < -0.4 is 5.32 Å². The maximum Gasteiger partial charge on any atom is 0.246 e. The summed E-state index contributed by atoms with van der Waals surface area (Å²) in [6.45, 7) is 3.95. The molecule has 0 saturated carbocycles. The zero-order valence-electron chi connectivity index (χ0n) is 15.1. The first-order chi connectivity index (χ1) is 13.1. The number of nitrogens with zero attached hydrogens (tertiary/aromatic N) is 2. The number of rotatable bonds is 5. The van der Waals surface area contributed by atoms with Crippen molar-refractivity contribution in [1.29, 1.82) is 0 Å². The minimum atomic E-state index is -0.0205. The van der Waals surface area contributed by atoms with Gasteiger partial charge in [-0.05, 0) is 48.7 Å². The monoisotopic (exact) mass is 383 g/mol. The van der Waals surface area contributed by atoms with Crippen molar-refractivity contribution >= 4 is 35.0 Å². The van der Waals surface area contributed by atoms with E-state index in [1.807, 2.05) is 6.07 Å². The van der Waals surface area contributed by atoms with Crippen LogP contribution in [0, 0.1) is 6.92 Å². The van der Waals surface area contributed by atoms with E-state index < -0.39 is 0 Å². The maximum absolute atomic E-state index is 12.3. The topological polar surface area (TPSA) is 71.5 Å². The van der Waals surface area contributed by atoms with Crippen molar-refractivity contribution in [3.63, 3.8) is 0 Å². The summed E-state index contributed by atoms with van der Waals surface area (Å²) in [6.07, 6.45) is 6.27. The predicted molar refractivity (Wildman–Crippen MR) is 104 cm³/mol. The predicted octanol–water partition coefficient (Wildman–Crippen LogP) is 2.78. The van der Waals surface area contributed by atoms with Gasteiger partial charge in [0.25, 0.3) is 0 Å². The van der Waals surface area contributed by atoms with Crippen LogP contribution in [-0.2, 0) is 27.4 Å². The SMILES string of the molecule is Cc1ccc(COC2CN(C(=O)C=Cc3cnc4c(c3)CCC(=O)N4)C2)s1. The Morgan fingerprint density at radius 1 is 1.41 bits per heavy atom. The number of thiophene rings is 1. The molecule has 1 fully saturated rings. The number of carbonyl (C=O) groups excluding carboxylic acids is 2. The second kappa shape index (κ2) is 7.62. The molecule has 27 heavy (non-hydrogen) atoms. The number of nitrogens with one attached hydrogen (secondary N) is 1. The lowest BCUT2D eigenvalue weighted by atomic mass is 10.0. The van der Waals surface area contributed by atoms with E-state index in [4.69, 9.17) is 4.74 Å². The third-order valence-corrected chi connectivity index (χ3v) is 5.68. The molecule has 0 atom stereocenters. The summed E-state index contributed by atoms with van der Waals surface area (Å²) in [5.41, 5.74) is 1.87. The van der Waals surface area contributed by atoms with E-state index in [1.165, 1.54) is 9.75 Å². The molecule has 2 amide bonds. The van der Waals surface area contributed by atoms with E-state index in [0.29, 0.717) is 38.4 Å². The van der Waals surface area contributed by atoms with Gasteiger partial charge in [0.05, 0.1) is 12.7 Å². The van der Waals surface area contributed by atoms with E-state index in [9.17, 15) is 9.59 Å². The fourth-order valence-corrected chi connectivity index (χ4v) is 3.94. The van der Waals surface area contributed by atoms with Gasteiger partial charge < -0.3 is 15.0 Å². The first kappa shape index (κ1) is 17.9. The first-order valence-corrected chi connectivity index (χ1v) is 9.81. The molecule has 1 N–H and O–H groups in total. The van der Waals surface area contributed by atoms with Gasteiger partial charge in [-0.2, -0.15) is 0 Å². The molecular weight excluding hydrogens is 362 g/mol. The van der Waals surface area contributed by atoms with Crippen molar-refractivity contribution in [3.8, 4) is 0 Å². The van der Waals surface area contributed by atoms with Crippen LogP contribution in [0.1, 0.15) is 27.3 Å². The molecule has 2 aliphatic heterocycles. The van der Waals surface area contributed by atoms with Crippen LogP contribution in [0.4, 0.5) is 5.82 Å². The molecule has 7 heteroatoms. The van der Waals surface area contributed by atoms with Crippen molar-refractivity contribution in [2.45, 2.75) is 32.5 Å². The van der Waals surface area contributed by atoms with Crippen molar-refractivity contribution in [1.82, 2.24) is 9.88 Å². The Morgan fingerprint density at radius 2 is 2.26 bits per heavy atom. The number of fused-ring (bicyclic) bond motifs is 1. The molecule has 0 radical (unpaired) electrons. The molecule has 0 unspecified atom stereocenters. The van der Waals surface area contributed by atoms with Crippen molar-refractivity contribution in [2.24, 2.45) is 0 Å². The molecular formula is C20H21N3O3S. The number of anilines is 1. The zero-order chi connectivity index (χ0) is 18.8. The van der Waals surface area contributed by atoms with Gasteiger partial charge in [0.15, 0.2) is 0 Å². The van der Waals surface area contributed by atoms with Crippen molar-refractivity contribution in [2.75, 3.05) is 18.4 Å². The van der Waals surface area contributed by atoms with Gasteiger partial charge in [0.1, 0.15) is 5.82 Å².